The summed E-state index contributed by atoms with van der Waals surface area (Å²) < 4.78 is 18.9. The smallest absolute Gasteiger partial charge is 0.277 e. The van der Waals surface area contributed by atoms with Crippen molar-refractivity contribution in [3.8, 4) is 0 Å². The number of amides is 1. The molecule has 1 amide bonds. The summed E-state index contributed by atoms with van der Waals surface area (Å²) in [5.74, 6) is 0.996. The van der Waals surface area contributed by atoms with Crippen LogP contribution in [0.5, 0.6) is 0 Å². The van der Waals surface area contributed by atoms with E-state index in [9.17, 15) is 9.18 Å². The Kier molecular flexibility index (Phi) is 4.88. The molecule has 3 heterocycles. The molecule has 28 heavy (non-hydrogen) atoms. The van der Waals surface area contributed by atoms with Gasteiger partial charge in [-0.1, -0.05) is 17.3 Å². The molecule has 8 nitrogen and oxygen atoms in total. The van der Waals surface area contributed by atoms with Gasteiger partial charge < -0.3 is 19.6 Å². The Hall–Kier alpha value is -3.49. The van der Waals surface area contributed by atoms with Crippen molar-refractivity contribution in [2.24, 2.45) is 0 Å². The fourth-order valence-corrected chi connectivity index (χ4v) is 3.11. The second-order valence-corrected chi connectivity index (χ2v) is 6.48. The summed E-state index contributed by atoms with van der Waals surface area (Å²) in [6, 6.07) is 11.8. The standard InChI is InChI=1S/C19H19FN6O2/c1-13-12-17(24-28-13)21-19(27)15-6-7-18(23-22-15)26-10-8-25(9-11-26)16-5-3-2-4-14(16)20/h2-7,12H,8-11H2,1H3,(H,21,24,27). The molecule has 1 aliphatic heterocycles. The molecule has 0 atom stereocenters. The largest absolute Gasteiger partial charge is 0.366 e. The van der Waals surface area contributed by atoms with E-state index in [1.165, 1.54) is 6.07 Å². The quantitative estimate of drug-likeness (QED) is 0.742. The number of aromatic nitrogens is 3. The number of nitrogens with zero attached hydrogens (tertiary/aromatic N) is 5. The van der Waals surface area contributed by atoms with Crippen LogP contribution in [-0.4, -0.2) is 47.4 Å². The third-order valence-corrected chi connectivity index (χ3v) is 4.55. The first-order valence-electron chi connectivity index (χ1n) is 8.93. The first-order valence-corrected chi connectivity index (χ1v) is 8.93. The van der Waals surface area contributed by atoms with Crippen LogP contribution in [0.3, 0.4) is 0 Å². The number of hydrogen-bond donors (Lipinski definition) is 1. The highest BCUT2D eigenvalue weighted by atomic mass is 19.1. The van der Waals surface area contributed by atoms with Gasteiger partial charge in [-0.15, -0.1) is 10.2 Å². The van der Waals surface area contributed by atoms with E-state index in [4.69, 9.17) is 4.52 Å². The molecule has 9 heteroatoms. The molecule has 0 radical (unpaired) electrons. The van der Waals surface area contributed by atoms with Crippen molar-refractivity contribution in [1.29, 1.82) is 0 Å². The van der Waals surface area contributed by atoms with Gasteiger partial charge in [-0.3, -0.25) is 4.79 Å². The number of aryl methyl sites for hydroxylation is 1. The third kappa shape index (κ3) is 3.78. The average Bonchev–Trinajstić information content (AvgIpc) is 3.13. The molecule has 1 saturated heterocycles. The predicted molar refractivity (Wildman–Crippen MR) is 102 cm³/mol. The number of para-hydroxylation sites is 1. The minimum absolute atomic E-state index is 0.189. The SMILES string of the molecule is Cc1cc(NC(=O)c2ccc(N3CCN(c4ccccc4F)CC3)nn2)no1. The Bertz CT molecular complexity index is 967. The van der Waals surface area contributed by atoms with E-state index < -0.39 is 5.91 Å². The lowest BCUT2D eigenvalue weighted by Crippen LogP contribution is -2.47. The summed E-state index contributed by atoms with van der Waals surface area (Å²) in [7, 11) is 0. The van der Waals surface area contributed by atoms with Crippen LogP contribution >= 0.6 is 0 Å². The number of anilines is 3. The monoisotopic (exact) mass is 382 g/mol. The summed E-state index contributed by atoms with van der Waals surface area (Å²) in [6.45, 7) is 4.47. The molecule has 0 aliphatic carbocycles. The number of carbonyl (C=O) groups excluding carboxylic acids is 1. The average molecular weight is 382 g/mol. The molecule has 3 aromatic rings. The van der Waals surface area contributed by atoms with Crippen LogP contribution in [0, 0.1) is 12.7 Å². The molecule has 144 valence electrons. The van der Waals surface area contributed by atoms with E-state index in [0.717, 1.165) is 0 Å². The molecule has 1 aromatic carbocycles. The zero-order valence-electron chi connectivity index (χ0n) is 15.3. The summed E-state index contributed by atoms with van der Waals surface area (Å²) in [4.78, 5) is 16.3. The van der Waals surface area contributed by atoms with Gasteiger partial charge in [-0.2, -0.15) is 0 Å². The molecule has 2 aromatic heterocycles. The molecule has 0 unspecified atom stereocenters. The summed E-state index contributed by atoms with van der Waals surface area (Å²) in [5.41, 5.74) is 0.803. The number of nitrogens with one attached hydrogen (secondary N) is 1. The van der Waals surface area contributed by atoms with Gasteiger partial charge in [0.1, 0.15) is 11.6 Å². The lowest BCUT2D eigenvalue weighted by Gasteiger charge is -2.36. The van der Waals surface area contributed by atoms with Gasteiger partial charge in [0.25, 0.3) is 5.91 Å². The van der Waals surface area contributed by atoms with Crippen LogP contribution in [-0.2, 0) is 0 Å². The van der Waals surface area contributed by atoms with E-state index in [0.29, 0.717) is 49.3 Å². The van der Waals surface area contributed by atoms with Crippen molar-refractivity contribution < 1.29 is 13.7 Å². The highest BCUT2D eigenvalue weighted by Gasteiger charge is 2.21. The van der Waals surface area contributed by atoms with Crippen LogP contribution in [0.25, 0.3) is 0 Å². The molecular weight excluding hydrogens is 363 g/mol. The maximum atomic E-state index is 13.9. The minimum atomic E-state index is -0.406. The topological polar surface area (TPSA) is 87.4 Å². The second kappa shape index (κ2) is 7.63. The predicted octanol–water partition coefficient (Wildman–Crippen LogP) is 2.49. The van der Waals surface area contributed by atoms with Crippen molar-refractivity contribution in [3.05, 3.63) is 59.7 Å². The molecule has 1 aliphatic rings. The van der Waals surface area contributed by atoms with Crippen molar-refractivity contribution >= 4 is 23.2 Å². The Morgan fingerprint density at radius 3 is 2.46 bits per heavy atom. The van der Waals surface area contributed by atoms with Crippen molar-refractivity contribution in [2.45, 2.75) is 6.92 Å². The number of benzene rings is 1. The molecule has 1 N–H and O–H groups in total. The van der Waals surface area contributed by atoms with E-state index >= 15 is 0 Å². The molecule has 0 saturated carbocycles. The van der Waals surface area contributed by atoms with Gasteiger partial charge >= 0.3 is 0 Å². The van der Waals surface area contributed by atoms with E-state index in [1.54, 1.807) is 37.3 Å². The van der Waals surface area contributed by atoms with Gasteiger partial charge in [-0.25, -0.2) is 4.39 Å². The molecule has 1 fully saturated rings. The van der Waals surface area contributed by atoms with Crippen LogP contribution in [0.4, 0.5) is 21.7 Å². The second-order valence-electron chi connectivity index (χ2n) is 6.48. The summed E-state index contributed by atoms with van der Waals surface area (Å²) in [5, 5.41) is 14.5. The lowest BCUT2D eigenvalue weighted by atomic mass is 10.2. The Morgan fingerprint density at radius 2 is 1.82 bits per heavy atom. The van der Waals surface area contributed by atoms with E-state index in [1.807, 2.05) is 11.0 Å². The van der Waals surface area contributed by atoms with Crippen LogP contribution in [0.2, 0.25) is 0 Å². The maximum absolute atomic E-state index is 13.9. The van der Waals surface area contributed by atoms with Crippen LogP contribution in [0.1, 0.15) is 16.2 Å². The first kappa shape index (κ1) is 17.9. The van der Waals surface area contributed by atoms with Gasteiger partial charge in [0.15, 0.2) is 17.3 Å². The number of piperazine rings is 1. The normalized spacial score (nSPS) is 14.2. The van der Waals surface area contributed by atoms with Gasteiger partial charge in [0, 0.05) is 32.2 Å². The lowest BCUT2D eigenvalue weighted by molar-refractivity contribution is 0.102. The number of carbonyl (C=O) groups is 1. The van der Waals surface area contributed by atoms with E-state index in [-0.39, 0.29) is 11.5 Å². The van der Waals surface area contributed by atoms with Crippen molar-refractivity contribution in [2.75, 3.05) is 41.3 Å². The van der Waals surface area contributed by atoms with Crippen LogP contribution < -0.4 is 15.1 Å². The fourth-order valence-electron chi connectivity index (χ4n) is 3.11. The Morgan fingerprint density at radius 1 is 1.07 bits per heavy atom. The fraction of sp³-hybridized carbons (Fsp3) is 0.263. The highest BCUT2D eigenvalue weighted by Crippen LogP contribution is 2.21. The number of hydrogen-bond acceptors (Lipinski definition) is 7. The van der Waals surface area contributed by atoms with Crippen molar-refractivity contribution in [1.82, 2.24) is 15.4 Å². The maximum Gasteiger partial charge on any atom is 0.277 e. The third-order valence-electron chi connectivity index (χ3n) is 4.55. The zero-order valence-corrected chi connectivity index (χ0v) is 15.3. The molecule has 4 rings (SSSR count). The molecule has 0 spiro atoms. The molecular formula is C19H19FN6O2. The highest BCUT2D eigenvalue weighted by molar-refractivity contribution is 6.02. The van der Waals surface area contributed by atoms with Gasteiger partial charge in [0.05, 0.1) is 5.69 Å². The van der Waals surface area contributed by atoms with Gasteiger partial charge in [-0.05, 0) is 31.2 Å². The van der Waals surface area contributed by atoms with Crippen LogP contribution in [0.15, 0.2) is 47.0 Å². The van der Waals surface area contributed by atoms with Gasteiger partial charge in [0.2, 0.25) is 0 Å². The van der Waals surface area contributed by atoms with Crippen molar-refractivity contribution in [3.63, 3.8) is 0 Å². The number of rotatable bonds is 4. The Balaban J connectivity index is 1.37. The summed E-state index contributed by atoms with van der Waals surface area (Å²) >= 11 is 0. The first-order chi connectivity index (χ1) is 13.6. The van der Waals surface area contributed by atoms with E-state index in [2.05, 4.69) is 25.6 Å². The molecule has 0 bridgehead atoms. The minimum Gasteiger partial charge on any atom is -0.366 e. The number of halogens is 1. The zero-order chi connectivity index (χ0) is 19.5. The Labute approximate surface area is 160 Å². The summed E-state index contributed by atoms with van der Waals surface area (Å²) in [6.07, 6.45) is 0.